The number of nitrogens with one attached hydrogen (secondary N) is 1. The second-order valence-corrected chi connectivity index (χ2v) is 3.97. The highest BCUT2D eigenvalue weighted by atomic mass is 32.1. The van der Waals surface area contributed by atoms with Gasteiger partial charge in [0.1, 0.15) is 5.82 Å². The van der Waals surface area contributed by atoms with E-state index in [1.165, 1.54) is 12.1 Å². The van der Waals surface area contributed by atoms with Gasteiger partial charge in [-0.2, -0.15) is 0 Å². The third-order valence-electron chi connectivity index (χ3n) is 1.99. The Bertz CT molecular complexity index is 515. The summed E-state index contributed by atoms with van der Waals surface area (Å²) in [6, 6.07) is 5.79. The molecular weight excluding hydrogens is 217 g/mol. The number of rotatable bonds is 2. The molecular formula is C10H8FNO2S. The minimum atomic E-state index is -0.327. The maximum Gasteiger partial charge on any atom is 0.305 e. The van der Waals surface area contributed by atoms with E-state index in [-0.39, 0.29) is 17.3 Å². The van der Waals surface area contributed by atoms with Crippen molar-refractivity contribution in [2.45, 2.75) is 6.61 Å². The van der Waals surface area contributed by atoms with Gasteiger partial charge in [-0.1, -0.05) is 23.5 Å². The van der Waals surface area contributed by atoms with Gasteiger partial charge in [0.25, 0.3) is 0 Å². The van der Waals surface area contributed by atoms with E-state index in [2.05, 4.69) is 4.98 Å². The fourth-order valence-corrected chi connectivity index (χ4v) is 2.16. The molecule has 0 saturated carbocycles. The van der Waals surface area contributed by atoms with E-state index in [0.29, 0.717) is 10.6 Å². The van der Waals surface area contributed by atoms with Crippen molar-refractivity contribution in [3.63, 3.8) is 0 Å². The van der Waals surface area contributed by atoms with Gasteiger partial charge in [0.2, 0.25) is 0 Å². The van der Waals surface area contributed by atoms with E-state index in [0.717, 1.165) is 16.9 Å². The maximum atomic E-state index is 12.7. The molecule has 0 unspecified atom stereocenters. The molecule has 0 spiro atoms. The van der Waals surface area contributed by atoms with Crippen LogP contribution in [-0.2, 0) is 6.61 Å². The lowest BCUT2D eigenvalue weighted by Gasteiger charge is -1.99. The van der Waals surface area contributed by atoms with Crippen LogP contribution in [0.1, 0.15) is 5.69 Å². The van der Waals surface area contributed by atoms with E-state index in [1.807, 2.05) is 0 Å². The SMILES string of the molecule is O=c1[nH]c(CO)c(-c2ccc(F)cc2)s1. The summed E-state index contributed by atoms with van der Waals surface area (Å²) >= 11 is 1.00. The minimum absolute atomic E-state index is 0.224. The maximum absolute atomic E-state index is 12.7. The van der Waals surface area contributed by atoms with Gasteiger partial charge in [-0.3, -0.25) is 4.79 Å². The molecule has 0 amide bonds. The number of H-pyrrole nitrogens is 1. The van der Waals surface area contributed by atoms with Crippen LogP contribution in [0.3, 0.4) is 0 Å². The number of aliphatic hydroxyl groups excluding tert-OH is 1. The Morgan fingerprint density at radius 1 is 1.33 bits per heavy atom. The first-order valence-corrected chi connectivity index (χ1v) is 5.11. The van der Waals surface area contributed by atoms with E-state index < -0.39 is 0 Å². The zero-order valence-electron chi connectivity index (χ0n) is 7.66. The van der Waals surface area contributed by atoms with Crippen LogP contribution in [0.2, 0.25) is 0 Å². The molecule has 5 heteroatoms. The van der Waals surface area contributed by atoms with Gasteiger partial charge in [-0.25, -0.2) is 4.39 Å². The molecule has 0 aliphatic rings. The van der Waals surface area contributed by atoms with Crippen LogP contribution in [0.4, 0.5) is 4.39 Å². The third-order valence-corrected chi connectivity index (χ3v) is 2.96. The summed E-state index contributed by atoms with van der Waals surface area (Å²) in [5, 5.41) is 9.01. The molecule has 78 valence electrons. The lowest BCUT2D eigenvalue weighted by atomic mass is 10.1. The number of benzene rings is 1. The van der Waals surface area contributed by atoms with Crippen molar-refractivity contribution in [3.05, 3.63) is 45.4 Å². The number of aromatic nitrogens is 1. The van der Waals surface area contributed by atoms with Gasteiger partial charge in [0.05, 0.1) is 17.2 Å². The molecule has 0 bridgehead atoms. The Morgan fingerprint density at radius 2 is 2.00 bits per heavy atom. The lowest BCUT2D eigenvalue weighted by Crippen LogP contribution is -1.94. The minimum Gasteiger partial charge on any atom is -0.390 e. The van der Waals surface area contributed by atoms with Crippen LogP contribution in [0, 0.1) is 5.82 Å². The van der Waals surface area contributed by atoms with Crippen LogP contribution >= 0.6 is 11.3 Å². The highest BCUT2D eigenvalue weighted by Crippen LogP contribution is 2.25. The van der Waals surface area contributed by atoms with Gasteiger partial charge >= 0.3 is 4.87 Å². The first kappa shape index (κ1) is 10.1. The number of aliphatic hydroxyl groups is 1. The van der Waals surface area contributed by atoms with Crippen LogP contribution in [0.5, 0.6) is 0 Å². The fourth-order valence-electron chi connectivity index (χ4n) is 1.31. The van der Waals surface area contributed by atoms with E-state index in [4.69, 9.17) is 5.11 Å². The second-order valence-electron chi connectivity index (χ2n) is 2.99. The molecule has 1 aromatic carbocycles. The van der Waals surface area contributed by atoms with Crippen LogP contribution in [0.15, 0.2) is 29.1 Å². The zero-order valence-corrected chi connectivity index (χ0v) is 8.47. The molecule has 2 N–H and O–H groups in total. The second kappa shape index (κ2) is 3.96. The van der Waals surface area contributed by atoms with Crippen LogP contribution in [-0.4, -0.2) is 10.1 Å². The highest BCUT2D eigenvalue weighted by molar-refractivity contribution is 7.13. The van der Waals surface area contributed by atoms with Crippen LogP contribution < -0.4 is 4.87 Å². The first-order valence-electron chi connectivity index (χ1n) is 4.29. The van der Waals surface area contributed by atoms with Crippen molar-refractivity contribution in [1.29, 1.82) is 0 Å². The lowest BCUT2D eigenvalue weighted by molar-refractivity contribution is 0.278. The Labute approximate surface area is 88.8 Å². The predicted octanol–water partition coefficient (Wildman–Crippen LogP) is 1.73. The summed E-state index contributed by atoms with van der Waals surface area (Å²) in [5.41, 5.74) is 1.19. The summed E-state index contributed by atoms with van der Waals surface area (Å²) in [6.45, 7) is -0.231. The molecule has 0 aliphatic heterocycles. The molecule has 2 aromatic rings. The van der Waals surface area contributed by atoms with Gasteiger partial charge in [-0.05, 0) is 17.7 Å². The molecule has 1 aromatic heterocycles. The normalized spacial score (nSPS) is 10.5. The van der Waals surface area contributed by atoms with Crippen molar-refractivity contribution < 1.29 is 9.50 Å². The summed E-state index contributed by atoms with van der Waals surface area (Å²) in [5.74, 6) is -0.327. The Hall–Kier alpha value is -1.46. The molecule has 0 fully saturated rings. The molecule has 0 radical (unpaired) electrons. The molecule has 3 nitrogen and oxygen atoms in total. The summed E-state index contributed by atoms with van der Waals surface area (Å²) < 4.78 is 12.7. The average Bonchev–Trinajstić information content (AvgIpc) is 2.61. The van der Waals surface area contributed by atoms with Gasteiger partial charge < -0.3 is 10.1 Å². The Kier molecular flexibility index (Phi) is 2.66. The number of halogens is 1. The molecule has 0 aliphatic carbocycles. The molecule has 0 atom stereocenters. The molecule has 15 heavy (non-hydrogen) atoms. The van der Waals surface area contributed by atoms with Crippen molar-refractivity contribution >= 4 is 11.3 Å². The van der Waals surface area contributed by atoms with E-state index in [1.54, 1.807) is 12.1 Å². The zero-order chi connectivity index (χ0) is 10.8. The number of thiazole rings is 1. The Morgan fingerprint density at radius 3 is 2.60 bits per heavy atom. The quantitative estimate of drug-likeness (QED) is 0.817. The smallest absolute Gasteiger partial charge is 0.305 e. The van der Waals surface area contributed by atoms with Crippen LogP contribution in [0.25, 0.3) is 10.4 Å². The van der Waals surface area contributed by atoms with Crippen molar-refractivity contribution in [1.82, 2.24) is 4.98 Å². The van der Waals surface area contributed by atoms with Crippen molar-refractivity contribution in [2.75, 3.05) is 0 Å². The predicted molar refractivity (Wildman–Crippen MR) is 56.3 cm³/mol. The van der Waals surface area contributed by atoms with Gasteiger partial charge in [-0.15, -0.1) is 0 Å². The fraction of sp³-hybridized carbons (Fsp3) is 0.100. The van der Waals surface area contributed by atoms with Crippen molar-refractivity contribution in [3.8, 4) is 10.4 Å². The standard InChI is InChI=1S/C10H8FNO2S/c11-7-3-1-6(2-4-7)9-8(5-13)12-10(14)15-9/h1-4,13H,5H2,(H,12,14). The summed E-state index contributed by atoms with van der Waals surface area (Å²) in [7, 11) is 0. The topological polar surface area (TPSA) is 53.1 Å². The average molecular weight is 225 g/mol. The third kappa shape index (κ3) is 1.98. The summed E-state index contributed by atoms with van der Waals surface area (Å²) in [6.07, 6.45) is 0. The molecule has 1 heterocycles. The summed E-state index contributed by atoms with van der Waals surface area (Å²) in [4.78, 5) is 14.0. The van der Waals surface area contributed by atoms with Gasteiger partial charge in [0, 0.05) is 0 Å². The molecule has 0 saturated heterocycles. The number of hydrogen-bond donors (Lipinski definition) is 2. The molecule has 2 rings (SSSR count). The number of aromatic amines is 1. The van der Waals surface area contributed by atoms with E-state index >= 15 is 0 Å². The van der Waals surface area contributed by atoms with Crippen molar-refractivity contribution in [2.24, 2.45) is 0 Å². The van der Waals surface area contributed by atoms with E-state index in [9.17, 15) is 9.18 Å². The largest absolute Gasteiger partial charge is 0.390 e. The van der Waals surface area contributed by atoms with Gasteiger partial charge in [0.15, 0.2) is 0 Å². The number of hydrogen-bond acceptors (Lipinski definition) is 3. The Balaban J connectivity index is 2.53. The first-order chi connectivity index (χ1) is 7.20. The highest BCUT2D eigenvalue weighted by Gasteiger charge is 2.09. The monoisotopic (exact) mass is 225 g/mol.